The third-order valence-electron chi connectivity index (χ3n) is 10.2. The van der Waals surface area contributed by atoms with E-state index in [-0.39, 0.29) is 0 Å². The molecule has 54 heavy (non-hydrogen) atoms. The van der Waals surface area contributed by atoms with Crippen LogP contribution in [-0.2, 0) is 0 Å². The second kappa shape index (κ2) is 12.3. The lowest BCUT2D eigenvalue weighted by atomic mass is 9.97. The summed E-state index contributed by atoms with van der Waals surface area (Å²) in [5.74, 6) is 2.51. The van der Waals surface area contributed by atoms with Gasteiger partial charge in [-0.2, -0.15) is 0 Å². The molecule has 0 radical (unpaired) electrons. The maximum absolute atomic E-state index is 6.52. The molecule has 11 aromatic rings. The predicted octanol–water partition coefficient (Wildman–Crippen LogP) is 13.0. The predicted molar refractivity (Wildman–Crippen MR) is 222 cm³/mol. The highest BCUT2D eigenvalue weighted by Crippen LogP contribution is 2.42. The molecular formula is C48H28N4OS. The van der Waals surface area contributed by atoms with Crippen LogP contribution in [0, 0.1) is 0 Å². The van der Waals surface area contributed by atoms with Gasteiger partial charge in [-0.05, 0) is 51.6 Å². The standard InChI is InChI=1S/C48H28N4OS/c1-2-12-32(13-3-1)45-50-46(33-22-20-31(21-23-33)36-17-8-14-29-10-4-6-15-35(29)36)52-47(51-45)34-24-26-38-42(28-34)54-41-19-9-18-39(43(38)41)48-49-40-27-25-30-11-5-7-16-37(30)44(40)53-48/h1-28H. The number of hydrogen-bond acceptors (Lipinski definition) is 6. The number of thiophene rings is 1. The van der Waals surface area contributed by atoms with Crippen LogP contribution in [0.5, 0.6) is 0 Å². The van der Waals surface area contributed by atoms with Gasteiger partial charge in [-0.1, -0.05) is 146 Å². The van der Waals surface area contributed by atoms with E-state index in [9.17, 15) is 0 Å². The summed E-state index contributed by atoms with van der Waals surface area (Å²) in [6, 6.07) is 58.8. The summed E-state index contributed by atoms with van der Waals surface area (Å²) in [5, 5.41) is 6.92. The fourth-order valence-electron chi connectivity index (χ4n) is 7.54. The third-order valence-corrected chi connectivity index (χ3v) is 11.3. The zero-order valence-electron chi connectivity index (χ0n) is 28.8. The van der Waals surface area contributed by atoms with Gasteiger partial charge < -0.3 is 4.42 Å². The zero-order valence-corrected chi connectivity index (χ0v) is 29.6. The Bertz CT molecular complexity index is 3220. The van der Waals surface area contributed by atoms with Gasteiger partial charge in [0.1, 0.15) is 5.52 Å². The van der Waals surface area contributed by atoms with Crippen molar-refractivity contribution in [2.45, 2.75) is 0 Å². The number of rotatable bonds is 5. The normalized spacial score (nSPS) is 11.7. The van der Waals surface area contributed by atoms with Crippen molar-refractivity contribution in [2.24, 2.45) is 0 Å². The van der Waals surface area contributed by atoms with Crippen molar-refractivity contribution < 1.29 is 4.42 Å². The van der Waals surface area contributed by atoms with Gasteiger partial charge in [0.25, 0.3) is 0 Å². The lowest BCUT2D eigenvalue weighted by Crippen LogP contribution is -2.00. The summed E-state index contributed by atoms with van der Waals surface area (Å²) < 4.78 is 8.82. The van der Waals surface area contributed by atoms with Crippen LogP contribution < -0.4 is 0 Å². The van der Waals surface area contributed by atoms with Gasteiger partial charge in [-0.3, -0.25) is 0 Å². The number of hydrogen-bond donors (Lipinski definition) is 0. The second-order valence-electron chi connectivity index (χ2n) is 13.4. The van der Waals surface area contributed by atoms with E-state index in [1.54, 1.807) is 11.3 Å². The first-order chi connectivity index (χ1) is 26.7. The van der Waals surface area contributed by atoms with Crippen molar-refractivity contribution in [3.63, 3.8) is 0 Å². The van der Waals surface area contributed by atoms with Gasteiger partial charge >= 0.3 is 0 Å². The molecule has 6 heteroatoms. The quantitative estimate of drug-likeness (QED) is 0.178. The molecule has 3 heterocycles. The van der Waals surface area contributed by atoms with E-state index in [0.29, 0.717) is 23.4 Å². The Morgan fingerprint density at radius 1 is 0.389 bits per heavy atom. The van der Waals surface area contributed by atoms with Crippen molar-refractivity contribution in [2.75, 3.05) is 0 Å². The highest BCUT2D eigenvalue weighted by Gasteiger charge is 2.19. The highest BCUT2D eigenvalue weighted by molar-refractivity contribution is 7.26. The number of oxazole rings is 1. The maximum atomic E-state index is 6.52. The summed E-state index contributed by atoms with van der Waals surface area (Å²) in [7, 11) is 0. The van der Waals surface area contributed by atoms with E-state index < -0.39 is 0 Å². The van der Waals surface area contributed by atoms with Crippen LogP contribution in [0.3, 0.4) is 0 Å². The molecule has 0 spiro atoms. The summed E-state index contributed by atoms with van der Waals surface area (Å²) in [5.41, 5.74) is 7.78. The smallest absolute Gasteiger partial charge is 0.228 e. The van der Waals surface area contributed by atoms with Crippen LogP contribution in [0.15, 0.2) is 174 Å². The van der Waals surface area contributed by atoms with Crippen molar-refractivity contribution >= 4 is 64.2 Å². The Balaban J connectivity index is 1.02. The monoisotopic (exact) mass is 708 g/mol. The zero-order chi connectivity index (χ0) is 35.6. The minimum absolute atomic E-state index is 0.622. The van der Waals surface area contributed by atoms with Crippen molar-refractivity contribution in [3.8, 4) is 56.7 Å². The minimum Gasteiger partial charge on any atom is -0.435 e. The van der Waals surface area contributed by atoms with Crippen LogP contribution in [0.4, 0.5) is 0 Å². The highest BCUT2D eigenvalue weighted by atomic mass is 32.1. The van der Waals surface area contributed by atoms with Crippen molar-refractivity contribution in [1.82, 2.24) is 19.9 Å². The summed E-state index contributed by atoms with van der Waals surface area (Å²) in [6.07, 6.45) is 0. The van der Waals surface area contributed by atoms with Crippen molar-refractivity contribution in [1.29, 1.82) is 0 Å². The molecule has 8 aromatic carbocycles. The molecule has 0 saturated heterocycles. The van der Waals surface area contributed by atoms with Crippen LogP contribution in [0.1, 0.15) is 0 Å². The van der Waals surface area contributed by atoms with Gasteiger partial charge in [0, 0.05) is 47.8 Å². The van der Waals surface area contributed by atoms with Crippen LogP contribution >= 0.6 is 11.3 Å². The third kappa shape index (κ3) is 5.07. The molecule has 0 atom stereocenters. The molecule has 0 aliphatic heterocycles. The Hall–Kier alpha value is -7.02. The Labute approximate surface area is 313 Å². The second-order valence-corrected chi connectivity index (χ2v) is 14.5. The first kappa shape index (κ1) is 30.6. The van der Waals surface area contributed by atoms with Gasteiger partial charge in [0.2, 0.25) is 5.89 Å². The molecule has 0 aliphatic carbocycles. The molecule has 0 unspecified atom stereocenters. The number of benzene rings is 8. The van der Waals surface area contributed by atoms with Crippen LogP contribution in [0.2, 0.25) is 0 Å². The molecular weight excluding hydrogens is 681 g/mol. The van der Waals surface area contributed by atoms with E-state index >= 15 is 0 Å². The van der Waals surface area contributed by atoms with E-state index in [1.165, 1.54) is 21.0 Å². The minimum atomic E-state index is 0.622. The largest absolute Gasteiger partial charge is 0.435 e. The van der Waals surface area contributed by atoms with Gasteiger partial charge in [0.15, 0.2) is 23.1 Å². The Kier molecular flexibility index (Phi) is 6.97. The summed E-state index contributed by atoms with van der Waals surface area (Å²) >= 11 is 1.75. The van der Waals surface area contributed by atoms with Crippen LogP contribution in [0.25, 0.3) is 110 Å². The lowest BCUT2D eigenvalue weighted by Gasteiger charge is -2.10. The number of nitrogens with zero attached hydrogens (tertiary/aromatic N) is 4. The first-order valence-electron chi connectivity index (χ1n) is 17.9. The van der Waals surface area contributed by atoms with E-state index in [1.807, 2.05) is 48.5 Å². The molecule has 0 saturated carbocycles. The fourth-order valence-corrected chi connectivity index (χ4v) is 8.71. The van der Waals surface area contributed by atoms with Crippen molar-refractivity contribution in [3.05, 3.63) is 170 Å². The molecule has 0 bridgehead atoms. The number of fused-ring (bicyclic) bond motifs is 7. The molecule has 0 fully saturated rings. The van der Waals surface area contributed by atoms with Crippen LogP contribution in [-0.4, -0.2) is 19.9 Å². The fraction of sp³-hybridized carbons (Fsp3) is 0. The van der Waals surface area contributed by atoms with E-state index in [4.69, 9.17) is 24.4 Å². The topological polar surface area (TPSA) is 64.7 Å². The Morgan fingerprint density at radius 2 is 1.00 bits per heavy atom. The average molecular weight is 709 g/mol. The van der Waals surface area contributed by atoms with Gasteiger partial charge in [0.05, 0.1) is 0 Å². The van der Waals surface area contributed by atoms with Gasteiger partial charge in [-0.25, -0.2) is 19.9 Å². The molecule has 5 nitrogen and oxygen atoms in total. The van der Waals surface area contributed by atoms with Gasteiger partial charge in [-0.15, -0.1) is 11.3 Å². The number of aromatic nitrogens is 4. The molecule has 3 aromatic heterocycles. The van der Waals surface area contributed by atoms with E-state index in [0.717, 1.165) is 65.2 Å². The lowest BCUT2D eigenvalue weighted by molar-refractivity contribution is 0.624. The molecule has 0 aliphatic rings. The molecule has 0 N–H and O–H groups in total. The molecule has 11 rings (SSSR count). The maximum Gasteiger partial charge on any atom is 0.228 e. The summed E-state index contributed by atoms with van der Waals surface area (Å²) in [6.45, 7) is 0. The Morgan fingerprint density at radius 3 is 1.81 bits per heavy atom. The molecule has 0 amide bonds. The SMILES string of the molecule is c1ccc(-c2nc(-c3ccc(-c4cccc5ccccc45)cc3)nc(-c3ccc4c(c3)sc3cccc(-c5nc6ccc7ccccc7c6o5)c34)n2)cc1. The average Bonchev–Trinajstić information content (AvgIpc) is 3.86. The first-order valence-corrected chi connectivity index (χ1v) is 18.7. The molecule has 252 valence electrons. The summed E-state index contributed by atoms with van der Waals surface area (Å²) in [4.78, 5) is 20.1. The van der Waals surface area contributed by atoms with E-state index in [2.05, 4.69) is 121 Å².